The van der Waals surface area contributed by atoms with Gasteiger partial charge in [-0.3, -0.25) is 0 Å². The van der Waals surface area contributed by atoms with Crippen molar-refractivity contribution in [1.29, 1.82) is 0 Å². The summed E-state index contributed by atoms with van der Waals surface area (Å²) in [5, 5.41) is 12.3. The summed E-state index contributed by atoms with van der Waals surface area (Å²) in [6.45, 7) is 1.84. The Morgan fingerprint density at radius 1 is 1.18 bits per heavy atom. The number of hydrogen-bond acceptors (Lipinski definition) is 1. The Balaban J connectivity index is 2.53. The summed E-state index contributed by atoms with van der Waals surface area (Å²) in [5.41, 5.74) is 1.94. The summed E-state index contributed by atoms with van der Waals surface area (Å²) in [4.78, 5) is 14.1. The number of aromatic carboxylic acids is 1. The van der Waals surface area contributed by atoms with E-state index >= 15 is 0 Å². The second kappa shape index (κ2) is 3.35. The summed E-state index contributed by atoms with van der Waals surface area (Å²) in [6.07, 6.45) is 0. The number of aromatic amines is 1. The van der Waals surface area contributed by atoms with Crippen LogP contribution in [0.3, 0.4) is 0 Å². The Morgan fingerprint density at radius 3 is 2.71 bits per heavy atom. The minimum Gasteiger partial charge on any atom is -0.477 e. The number of aryl methyl sites for hydroxylation is 1. The predicted molar refractivity (Wildman–Crippen MR) is 67.5 cm³/mol. The van der Waals surface area contributed by atoms with E-state index in [1.165, 1.54) is 0 Å². The molecule has 0 aliphatic carbocycles. The lowest BCUT2D eigenvalue weighted by Gasteiger charge is -2.00. The van der Waals surface area contributed by atoms with E-state index in [9.17, 15) is 4.79 Å². The van der Waals surface area contributed by atoms with E-state index in [0.717, 1.165) is 27.2 Å². The maximum Gasteiger partial charge on any atom is 0.352 e. The number of nitrogens with one attached hydrogen (secondary N) is 1. The second-order valence-electron chi connectivity index (χ2n) is 4.14. The molecule has 84 valence electrons. The van der Waals surface area contributed by atoms with Crippen LogP contribution in [0.2, 0.25) is 0 Å². The van der Waals surface area contributed by atoms with Crippen molar-refractivity contribution in [2.75, 3.05) is 0 Å². The number of carboxylic acids is 1. The molecular weight excluding hydrogens is 214 g/mol. The molecule has 0 bridgehead atoms. The molecule has 0 aliphatic heterocycles. The lowest BCUT2D eigenvalue weighted by Crippen LogP contribution is -1.98. The molecule has 1 heterocycles. The Labute approximate surface area is 97.7 Å². The molecule has 0 saturated carbocycles. The van der Waals surface area contributed by atoms with E-state index in [0.29, 0.717) is 0 Å². The highest BCUT2D eigenvalue weighted by atomic mass is 16.4. The van der Waals surface area contributed by atoms with E-state index in [2.05, 4.69) is 4.98 Å². The number of hydrogen-bond donors (Lipinski definition) is 2. The van der Waals surface area contributed by atoms with Crippen molar-refractivity contribution in [3.8, 4) is 0 Å². The van der Waals surface area contributed by atoms with Gasteiger partial charge in [0.25, 0.3) is 0 Å². The summed E-state index contributed by atoms with van der Waals surface area (Å²) >= 11 is 0. The summed E-state index contributed by atoms with van der Waals surface area (Å²) < 4.78 is 0. The molecule has 3 aromatic rings. The van der Waals surface area contributed by atoms with Crippen molar-refractivity contribution in [3.05, 3.63) is 47.7 Å². The third-order valence-corrected chi connectivity index (χ3v) is 3.15. The number of fused-ring (bicyclic) bond motifs is 3. The molecule has 0 aliphatic rings. The van der Waals surface area contributed by atoms with Crippen LogP contribution in [0.5, 0.6) is 0 Å². The van der Waals surface area contributed by atoms with Crippen molar-refractivity contribution in [2.45, 2.75) is 6.92 Å². The molecule has 0 radical (unpaired) electrons. The number of rotatable bonds is 1. The van der Waals surface area contributed by atoms with E-state index in [1.54, 1.807) is 0 Å². The fourth-order valence-corrected chi connectivity index (χ4v) is 2.35. The van der Waals surface area contributed by atoms with Gasteiger partial charge in [-0.2, -0.15) is 0 Å². The summed E-state index contributed by atoms with van der Waals surface area (Å²) in [7, 11) is 0. The molecule has 0 atom stereocenters. The van der Waals surface area contributed by atoms with Crippen LogP contribution in [-0.2, 0) is 0 Å². The van der Waals surface area contributed by atoms with Gasteiger partial charge in [0.05, 0.1) is 0 Å². The molecule has 0 saturated heterocycles. The minimum atomic E-state index is -0.914. The standard InChI is InChI=1S/C14H11NO2/c1-8-12-10-5-3-2-4-9(10)6-7-11(12)15-13(8)14(16)17/h2-7,15H,1H3,(H,16,17). The maximum absolute atomic E-state index is 11.1. The average molecular weight is 225 g/mol. The third-order valence-electron chi connectivity index (χ3n) is 3.15. The number of H-pyrrole nitrogens is 1. The van der Waals surface area contributed by atoms with E-state index in [1.807, 2.05) is 43.3 Å². The van der Waals surface area contributed by atoms with Crippen molar-refractivity contribution in [2.24, 2.45) is 0 Å². The first-order valence-electron chi connectivity index (χ1n) is 5.42. The Bertz CT molecular complexity index is 740. The van der Waals surface area contributed by atoms with Gasteiger partial charge in [-0.05, 0) is 29.3 Å². The van der Waals surface area contributed by atoms with Crippen LogP contribution >= 0.6 is 0 Å². The van der Waals surface area contributed by atoms with Crippen LogP contribution in [0.25, 0.3) is 21.7 Å². The van der Waals surface area contributed by atoms with Gasteiger partial charge < -0.3 is 10.1 Å². The first-order chi connectivity index (χ1) is 8.18. The van der Waals surface area contributed by atoms with Gasteiger partial charge in [0.15, 0.2) is 0 Å². The highest BCUT2D eigenvalue weighted by Gasteiger charge is 2.14. The highest BCUT2D eigenvalue weighted by Crippen LogP contribution is 2.29. The van der Waals surface area contributed by atoms with Crippen molar-refractivity contribution < 1.29 is 9.90 Å². The first kappa shape index (κ1) is 9.90. The molecule has 2 N–H and O–H groups in total. The van der Waals surface area contributed by atoms with E-state index in [-0.39, 0.29) is 5.69 Å². The second-order valence-corrected chi connectivity index (χ2v) is 4.14. The minimum absolute atomic E-state index is 0.274. The lowest BCUT2D eigenvalue weighted by atomic mass is 10.0. The van der Waals surface area contributed by atoms with E-state index in [4.69, 9.17) is 5.11 Å². The monoisotopic (exact) mass is 225 g/mol. The SMILES string of the molecule is Cc1c(C(=O)O)[nH]c2ccc3ccccc3c12. The molecule has 3 heteroatoms. The molecule has 0 fully saturated rings. The van der Waals surface area contributed by atoms with Crippen LogP contribution < -0.4 is 0 Å². The number of carbonyl (C=O) groups is 1. The van der Waals surface area contributed by atoms with Crippen LogP contribution in [-0.4, -0.2) is 16.1 Å². The van der Waals surface area contributed by atoms with Crippen LogP contribution in [0.15, 0.2) is 36.4 Å². The van der Waals surface area contributed by atoms with Crippen molar-refractivity contribution in [1.82, 2.24) is 4.98 Å². The zero-order valence-corrected chi connectivity index (χ0v) is 9.32. The van der Waals surface area contributed by atoms with Gasteiger partial charge in [0.2, 0.25) is 0 Å². The fourth-order valence-electron chi connectivity index (χ4n) is 2.35. The smallest absolute Gasteiger partial charge is 0.352 e. The summed E-state index contributed by atoms with van der Waals surface area (Å²) in [6, 6.07) is 11.9. The number of aromatic nitrogens is 1. The normalized spacial score (nSPS) is 11.1. The molecule has 0 unspecified atom stereocenters. The molecule has 0 spiro atoms. The Morgan fingerprint density at radius 2 is 1.94 bits per heavy atom. The molecule has 17 heavy (non-hydrogen) atoms. The average Bonchev–Trinajstić information content (AvgIpc) is 2.67. The van der Waals surface area contributed by atoms with Crippen molar-refractivity contribution >= 4 is 27.6 Å². The number of benzene rings is 2. The van der Waals surface area contributed by atoms with Gasteiger partial charge >= 0.3 is 5.97 Å². The summed E-state index contributed by atoms with van der Waals surface area (Å²) in [5.74, 6) is -0.914. The maximum atomic E-state index is 11.1. The van der Waals surface area contributed by atoms with Gasteiger partial charge in [0.1, 0.15) is 5.69 Å². The first-order valence-corrected chi connectivity index (χ1v) is 5.42. The molecule has 1 aromatic heterocycles. The predicted octanol–water partition coefficient (Wildman–Crippen LogP) is 3.33. The molecular formula is C14H11NO2. The van der Waals surface area contributed by atoms with E-state index < -0.39 is 5.97 Å². The Kier molecular flexibility index (Phi) is 1.95. The largest absolute Gasteiger partial charge is 0.477 e. The molecule has 0 amide bonds. The fraction of sp³-hybridized carbons (Fsp3) is 0.0714. The topological polar surface area (TPSA) is 53.1 Å². The lowest BCUT2D eigenvalue weighted by molar-refractivity contribution is 0.0691. The quantitative estimate of drug-likeness (QED) is 0.667. The Hall–Kier alpha value is -2.29. The zero-order valence-electron chi connectivity index (χ0n) is 9.32. The number of carboxylic acid groups (broad SMARTS) is 1. The van der Waals surface area contributed by atoms with Gasteiger partial charge in [0, 0.05) is 10.9 Å². The zero-order chi connectivity index (χ0) is 12.0. The van der Waals surface area contributed by atoms with Crippen LogP contribution in [0.1, 0.15) is 16.1 Å². The molecule has 3 nitrogen and oxygen atoms in total. The van der Waals surface area contributed by atoms with Gasteiger partial charge in [-0.1, -0.05) is 30.3 Å². The highest BCUT2D eigenvalue weighted by molar-refractivity contribution is 6.11. The van der Waals surface area contributed by atoms with Gasteiger partial charge in [-0.15, -0.1) is 0 Å². The third kappa shape index (κ3) is 1.32. The molecule has 3 rings (SSSR count). The van der Waals surface area contributed by atoms with Crippen LogP contribution in [0, 0.1) is 6.92 Å². The van der Waals surface area contributed by atoms with Crippen LogP contribution in [0.4, 0.5) is 0 Å². The van der Waals surface area contributed by atoms with Gasteiger partial charge in [-0.25, -0.2) is 4.79 Å². The molecule has 2 aromatic carbocycles. The van der Waals surface area contributed by atoms with Crippen molar-refractivity contribution in [3.63, 3.8) is 0 Å².